The molecule has 66 valence electrons. The Morgan fingerprint density at radius 2 is 2.08 bits per heavy atom. The summed E-state index contributed by atoms with van der Waals surface area (Å²) in [6.45, 7) is 0.518. The molecule has 0 saturated heterocycles. The molecule has 0 heterocycles. The van der Waals surface area contributed by atoms with Gasteiger partial charge in [0.05, 0.1) is 13.7 Å². The van der Waals surface area contributed by atoms with E-state index in [0.717, 1.165) is 11.3 Å². The molecule has 0 radical (unpaired) electrons. The number of rotatable bonds is 3. The highest BCUT2D eigenvalue weighted by atomic mass is 35.5. The molecule has 0 spiro atoms. The third-order valence-corrected chi connectivity index (χ3v) is 1.78. The van der Waals surface area contributed by atoms with E-state index >= 15 is 0 Å². The molecule has 0 bridgehead atoms. The Balaban J connectivity index is 2.95. The van der Waals surface area contributed by atoms with Gasteiger partial charge in [-0.05, 0) is 18.2 Å². The van der Waals surface area contributed by atoms with Crippen LogP contribution in [0.3, 0.4) is 0 Å². The van der Waals surface area contributed by atoms with Gasteiger partial charge in [-0.3, -0.25) is 0 Å². The van der Waals surface area contributed by atoms with Crippen molar-refractivity contribution in [1.82, 2.24) is 0 Å². The summed E-state index contributed by atoms with van der Waals surface area (Å²) < 4.78 is 10.1. The van der Waals surface area contributed by atoms with Gasteiger partial charge in [0.2, 0.25) is 0 Å². The summed E-state index contributed by atoms with van der Waals surface area (Å²) in [5.74, 6) is 0.807. The van der Waals surface area contributed by atoms with E-state index in [1.54, 1.807) is 20.3 Å². The second-order valence-electron chi connectivity index (χ2n) is 2.39. The summed E-state index contributed by atoms with van der Waals surface area (Å²) in [6.07, 6.45) is 0. The Bertz CT molecular complexity index is 261. The average molecular weight is 187 g/mol. The fourth-order valence-corrected chi connectivity index (χ4v) is 1.21. The number of benzene rings is 1. The lowest BCUT2D eigenvalue weighted by molar-refractivity contribution is 0.181. The predicted octanol–water partition coefficient (Wildman–Crippen LogP) is 2.50. The molecule has 0 aliphatic heterocycles. The van der Waals surface area contributed by atoms with E-state index in [2.05, 4.69) is 0 Å². The van der Waals surface area contributed by atoms with Gasteiger partial charge in [0.15, 0.2) is 0 Å². The maximum Gasteiger partial charge on any atom is 0.124 e. The van der Waals surface area contributed by atoms with Crippen LogP contribution in [-0.4, -0.2) is 14.2 Å². The first-order chi connectivity index (χ1) is 5.77. The van der Waals surface area contributed by atoms with Crippen LogP contribution in [0.15, 0.2) is 18.2 Å². The van der Waals surface area contributed by atoms with Crippen molar-refractivity contribution in [2.45, 2.75) is 6.61 Å². The molecule has 1 rings (SSSR count). The Morgan fingerprint density at radius 1 is 1.33 bits per heavy atom. The molecule has 0 aromatic heterocycles. The third-order valence-electron chi connectivity index (χ3n) is 1.54. The Kier molecular flexibility index (Phi) is 3.38. The van der Waals surface area contributed by atoms with Crippen LogP contribution in [0.4, 0.5) is 0 Å². The van der Waals surface area contributed by atoms with Crippen LogP contribution in [0.1, 0.15) is 5.56 Å². The van der Waals surface area contributed by atoms with E-state index in [9.17, 15) is 0 Å². The summed E-state index contributed by atoms with van der Waals surface area (Å²) in [5.41, 5.74) is 0.965. The van der Waals surface area contributed by atoms with Gasteiger partial charge in [-0.2, -0.15) is 0 Å². The molecule has 0 fully saturated rings. The van der Waals surface area contributed by atoms with E-state index in [0.29, 0.717) is 11.6 Å². The summed E-state index contributed by atoms with van der Waals surface area (Å²) in [4.78, 5) is 0. The van der Waals surface area contributed by atoms with Crippen LogP contribution >= 0.6 is 11.6 Å². The molecule has 12 heavy (non-hydrogen) atoms. The first kappa shape index (κ1) is 9.36. The van der Waals surface area contributed by atoms with Gasteiger partial charge in [-0.25, -0.2) is 0 Å². The second-order valence-corrected chi connectivity index (χ2v) is 2.83. The molecule has 2 nitrogen and oxygen atoms in total. The molecule has 0 saturated carbocycles. The van der Waals surface area contributed by atoms with Gasteiger partial charge in [0.25, 0.3) is 0 Å². The van der Waals surface area contributed by atoms with E-state index in [-0.39, 0.29) is 0 Å². The molecule has 0 aliphatic rings. The number of ether oxygens (including phenoxy) is 2. The van der Waals surface area contributed by atoms with E-state index in [4.69, 9.17) is 21.1 Å². The highest BCUT2D eigenvalue weighted by Crippen LogP contribution is 2.22. The lowest BCUT2D eigenvalue weighted by Crippen LogP contribution is -1.93. The second kappa shape index (κ2) is 4.33. The zero-order valence-corrected chi connectivity index (χ0v) is 7.89. The highest BCUT2D eigenvalue weighted by molar-refractivity contribution is 6.30. The van der Waals surface area contributed by atoms with Gasteiger partial charge in [0, 0.05) is 17.7 Å². The van der Waals surface area contributed by atoms with Crippen molar-refractivity contribution in [2.75, 3.05) is 14.2 Å². The van der Waals surface area contributed by atoms with Crippen molar-refractivity contribution in [2.24, 2.45) is 0 Å². The molecular formula is C9H11ClO2. The van der Waals surface area contributed by atoms with Crippen molar-refractivity contribution in [3.05, 3.63) is 28.8 Å². The first-order valence-corrected chi connectivity index (χ1v) is 3.97. The maximum absolute atomic E-state index is 5.80. The van der Waals surface area contributed by atoms with Crippen LogP contribution in [0.2, 0.25) is 5.02 Å². The van der Waals surface area contributed by atoms with Crippen molar-refractivity contribution in [3.63, 3.8) is 0 Å². The van der Waals surface area contributed by atoms with Crippen LogP contribution in [0, 0.1) is 0 Å². The van der Waals surface area contributed by atoms with Gasteiger partial charge in [-0.1, -0.05) is 11.6 Å². The quantitative estimate of drug-likeness (QED) is 0.722. The maximum atomic E-state index is 5.80. The predicted molar refractivity (Wildman–Crippen MR) is 48.7 cm³/mol. The van der Waals surface area contributed by atoms with Crippen molar-refractivity contribution >= 4 is 11.6 Å². The molecular weight excluding hydrogens is 176 g/mol. The number of hydrogen-bond acceptors (Lipinski definition) is 2. The zero-order chi connectivity index (χ0) is 8.97. The topological polar surface area (TPSA) is 18.5 Å². The van der Waals surface area contributed by atoms with Crippen molar-refractivity contribution < 1.29 is 9.47 Å². The molecule has 0 aliphatic carbocycles. The largest absolute Gasteiger partial charge is 0.496 e. The van der Waals surface area contributed by atoms with Gasteiger partial charge >= 0.3 is 0 Å². The number of hydrogen-bond donors (Lipinski definition) is 0. The smallest absolute Gasteiger partial charge is 0.124 e. The van der Waals surface area contributed by atoms with Crippen LogP contribution in [-0.2, 0) is 11.3 Å². The van der Waals surface area contributed by atoms with Gasteiger partial charge < -0.3 is 9.47 Å². The van der Waals surface area contributed by atoms with E-state index in [1.807, 2.05) is 12.1 Å². The fourth-order valence-electron chi connectivity index (χ4n) is 1.02. The van der Waals surface area contributed by atoms with Crippen LogP contribution in [0.25, 0.3) is 0 Å². The molecule has 3 heteroatoms. The van der Waals surface area contributed by atoms with Crippen LogP contribution < -0.4 is 4.74 Å². The summed E-state index contributed by atoms with van der Waals surface area (Å²) in [7, 11) is 3.27. The summed E-state index contributed by atoms with van der Waals surface area (Å²) >= 11 is 5.80. The molecule has 0 N–H and O–H groups in total. The van der Waals surface area contributed by atoms with E-state index in [1.165, 1.54) is 0 Å². The summed E-state index contributed by atoms with van der Waals surface area (Å²) in [6, 6.07) is 5.46. The Hall–Kier alpha value is -0.730. The van der Waals surface area contributed by atoms with Crippen molar-refractivity contribution in [3.8, 4) is 5.75 Å². The lowest BCUT2D eigenvalue weighted by atomic mass is 10.2. The molecule has 0 amide bonds. The Labute approximate surface area is 77.1 Å². The minimum atomic E-state index is 0.518. The third kappa shape index (κ3) is 2.13. The standard InChI is InChI=1S/C9H11ClO2/c1-11-6-7-5-8(10)3-4-9(7)12-2/h3-5H,6H2,1-2H3. The van der Waals surface area contributed by atoms with Crippen molar-refractivity contribution in [1.29, 1.82) is 0 Å². The number of halogens is 1. The zero-order valence-electron chi connectivity index (χ0n) is 7.13. The van der Waals surface area contributed by atoms with Gasteiger partial charge in [0.1, 0.15) is 5.75 Å². The molecule has 0 unspecified atom stereocenters. The number of methoxy groups -OCH3 is 2. The van der Waals surface area contributed by atoms with E-state index < -0.39 is 0 Å². The SMILES string of the molecule is COCc1cc(Cl)ccc1OC. The highest BCUT2D eigenvalue weighted by Gasteiger charge is 2.02. The van der Waals surface area contributed by atoms with Gasteiger partial charge in [-0.15, -0.1) is 0 Å². The normalized spacial score (nSPS) is 9.92. The molecule has 1 aromatic carbocycles. The monoisotopic (exact) mass is 186 g/mol. The minimum Gasteiger partial charge on any atom is -0.496 e. The molecule has 1 aromatic rings. The van der Waals surface area contributed by atoms with Crippen LogP contribution in [0.5, 0.6) is 5.75 Å². The fraction of sp³-hybridized carbons (Fsp3) is 0.333. The Morgan fingerprint density at radius 3 is 2.67 bits per heavy atom. The summed E-state index contributed by atoms with van der Waals surface area (Å²) in [5, 5.41) is 0.697. The first-order valence-electron chi connectivity index (χ1n) is 3.59. The minimum absolute atomic E-state index is 0.518. The average Bonchev–Trinajstić information content (AvgIpc) is 2.05. The lowest BCUT2D eigenvalue weighted by Gasteiger charge is -2.07. The molecule has 0 atom stereocenters.